The van der Waals surface area contributed by atoms with Crippen molar-refractivity contribution in [3.63, 3.8) is 0 Å². The summed E-state index contributed by atoms with van der Waals surface area (Å²) >= 11 is 0. The van der Waals surface area contributed by atoms with Crippen LogP contribution < -0.4 is 4.89 Å². The van der Waals surface area contributed by atoms with Crippen molar-refractivity contribution in [1.82, 2.24) is 0 Å². The molecule has 0 fully saturated rings. The molecule has 10 heteroatoms. The quantitative estimate of drug-likeness (QED) is 0.0267. The van der Waals surface area contributed by atoms with Crippen LogP contribution in [0.25, 0.3) is 0 Å². The highest BCUT2D eigenvalue weighted by Gasteiger charge is 2.21. The summed E-state index contributed by atoms with van der Waals surface area (Å²) in [7, 11) is -4.53. The predicted octanol–water partition coefficient (Wildman–Crippen LogP) is 10.8. The number of phosphoric ester groups is 1. The molecule has 0 bridgehead atoms. The molecular weight excluding hydrogens is 659 g/mol. The Morgan fingerprint density at radius 2 is 0.918 bits per heavy atom. The Morgan fingerprint density at radius 1 is 0.551 bits per heavy atom. The number of phosphoric acid groups is 1. The van der Waals surface area contributed by atoms with Gasteiger partial charge in [0.15, 0.2) is 6.10 Å². The van der Waals surface area contributed by atoms with E-state index in [0.717, 1.165) is 32.1 Å². The number of rotatable bonds is 38. The average Bonchev–Trinajstić information content (AvgIpc) is 3.06. The summed E-state index contributed by atoms with van der Waals surface area (Å²) in [5.74, 6) is -0.212. The van der Waals surface area contributed by atoms with Gasteiger partial charge in [0, 0.05) is 12.8 Å². The van der Waals surface area contributed by atoms with Gasteiger partial charge in [-0.15, -0.1) is 0 Å². The minimum atomic E-state index is -4.57. The molecule has 2 atom stereocenters. The lowest BCUT2D eigenvalue weighted by atomic mass is 10.0. The number of ether oxygens (including phenoxy) is 2. The third kappa shape index (κ3) is 37.0. The van der Waals surface area contributed by atoms with Crippen LogP contribution in [0.4, 0.5) is 0 Å². The van der Waals surface area contributed by atoms with Crippen molar-refractivity contribution in [2.24, 2.45) is 0 Å². The van der Waals surface area contributed by atoms with Crippen molar-refractivity contribution in [1.29, 1.82) is 0 Å². The maximum Gasteiger partial charge on any atom is 0.306 e. The van der Waals surface area contributed by atoms with Crippen LogP contribution in [0.5, 0.6) is 0 Å². The zero-order valence-electron chi connectivity index (χ0n) is 32.3. The number of esters is 2. The summed E-state index contributed by atoms with van der Waals surface area (Å²) in [6.07, 6.45) is 35.3. The molecule has 0 aromatic carbocycles. The first-order valence-electron chi connectivity index (χ1n) is 20.2. The van der Waals surface area contributed by atoms with E-state index in [4.69, 9.17) is 18.5 Å². The Morgan fingerprint density at radius 3 is 1.31 bits per heavy atom. The van der Waals surface area contributed by atoms with Crippen LogP contribution in [0.1, 0.15) is 194 Å². The van der Waals surface area contributed by atoms with E-state index in [2.05, 4.69) is 13.8 Å². The third-order valence-electron chi connectivity index (χ3n) is 8.86. The summed E-state index contributed by atoms with van der Waals surface area (Å²) in [5.41, 5.74) is 0. The van der Waals surface area contributed by atoms with Gasteiger partial charge < -0.3 is 23.4 Å². The van der Waals surface area contributed by atoms with E-state index >= 15 is 0 Å². The molecule has 0 radical (unpaired) electrons. The highest BCUT2D eigenvalue weighted by molar-refractivity contribution is 7.95. The van der Waals surface area contributed by atoms with Crippen molar-refractivity contribution in [3.8, 4) is 0 Å². The van der Waals surface area contributed by atoms with Crippen LogP contribution in [0.15, 0.2) is 0 Å². The molecule has 0 rings (SSSR count). The van der Waals surface area contributed by atoms with Crippen LogP contribution in [0.2, 0.25) is 0 Å². The molecule has 0 aliphatic heterocycles. The fourth-order valence-electron chi connectivity index (χ4n) is 5.72. The van der Waals surface area contributed by atoms with Gasteiger partial charge in [0.05, 0.1) is 25.7 Å². The monoisotopic (exact) mass is 737 g/mol. The number of carbonyl (C=O) groups is 2. The highest BCUT2D eigenvalue weighted by atomic mass is 32.2. The van der Waals surface area contributed by atoms with Crippen LogP contribution in [-0.2, 0) is 43.6 Å². The van der Waals surface area contributed by atoms with E-state index in [1.165, 1.54) is 128 Å². The lowest BCUT2D eigenvalue weighted by molar-refractivity contribution is -0.227. The van der Waals surface area contributed by atoms with E-state index in [9.17, 15) is 19.0 Å². The highest BCUT2D eigenvalue weighted by Crippen LogP contribution is 2.38. The van der Waals surface area contributed by atoms with Gasteiger partial charge in [0.2, 0.25) is 0 Å². The number of hydrogen-bond donors (Lipinski definition) is 0. The largest absolute Gasteiger partial charge is 0.756 e. The summed E-state index contributed by atoms with van der Waals surface area (Å²) in [5, 5.41) is 0. The smallest absolute Gasteiger partial charge is 0.306 e. The van der Waals surface area contributed by atoms with E-state index in [1.54, 1.807) is 0 Å². The zero-order chi connectivity index (χ0) is 36.3. The Hall–Kier alpha value is -0.600. The van der Waals surface area contributed by atoms with Crippen molar-refractivity contribution in [2.45, 2.75) is 200 Å². The molecule has 1 unspecified atom stereocenters. The van der Waals surface area contributed by atoms with Gasteiger partial charge in [0.25, 0.3) is 7.82 Å². The SMILES string of the molecule is CCCCCCCCCCCCCCCC(=O)OC[C@H](COP(=O)([O-])OCC[S+](C)C)OC(=O)CCCCCCCCCCCCCCC. The Balaban J connectivity index is 4.30. The Kier molecular flexibility index (Phi) is 35.3. The van der Waals surface area contributed by atoms with Gasteiger partial charge in [-0.25, -0.2) is 0 Å². The standard InChI is InChI=1S/C39H77O8PS/c1-5-7-9-11-13-15-17-19-21-23-25-27-29-31-38(40)44-35-37(36-46-48(42,43)45-33-34-49(3)4)47-39(41)32-30-28-26-24-22-20-18-16-14-12-10-8-6-2/h37H,5-36H2,1-4H3/t37-/m1/s1. The molecule has 0 aliphatic rings. The minimum Gasteiger partial charge on any atom is -0.756 e. The molecule has 0 aromatic heterocycles. The average molecular weight is 737 g/mol. The molecule has 0 saturated heterocycles. The molecular formula is C39H77O8PS. The van der Waals surface area contributed by atoms with Gasteiger partial charge in [0.1, 0.15) is 12.4 Å². The van der Waals surface area contributed by atoms with Crippen LogP contribution in [0, 0.1) is 0 Å². The normalized spacial score (nSPS) is 13.4. The van der Waals surface area contributed by atoms with Gasteiger partial charge >= 0.3 is 11.9 Å². The fourth-order valence-corrected chi connectivity index (χ4v) is 7.00. The molecule has 0 amide bonds. The molecule has 0 aromatic rings. The molecule has 8 nitrogen and oxygen atoms in total. The fraction of sp³-hybridized carbons (Fsp3) is 0.949. The van der Waals surface area contributed by atoms with Gasteiger partial charge in [-0.2, -0.15) is 0 Å². The molecule has 0 N–H and O–H groups in total. The first-order valence-corrected chi connectivity index (χ1v) is 23.9. The predicted molar refractivity (Wildman–Crippen MR) is 205 cm³/mol. The zero-order valence-corrected chi connectivity index (χ0v) is 34.0. The van der Waals surface area contributed by atoms with E-state index in [0.29, 0.717) is 12.2 Å². The molecule has 0 spiro atoms. The number of unbranched alkanes of at least 4 members (excludes halogenated alkanes) is 24. The van der Waals surface area contributed by atoms with E-state index < -0.39 is 26.5 Å². The Labute approximate surface area is 305 Å². The third-order valence-corrected chi connectivity index (χ3v) is 10.8. The second kappa shape index (κ2) is 35.8. The van der Waals surface area contributed by atoms with Gasteiger partial charge in [-0.05, 0) is 23.7 Å². The summed E-state index contributed by atoms with van der Waals surface area (Å²) in [6, 6.07) is 0. The van der Waals surface area contributed by atoms with Crippen molar-refractivity contribution in [2.75, 3.05) is 38.1 Å². The van der Waals surface area contributed by atoms with Crippen LogP contribution >= 0.6 is 7.82 Å². The number of carbonyl (C=O) groups excluding carboxylic acids is 2. The first-order chi connectivity index (χ1) is 23.7. The van der Waals surface area contributed by atoms with Crippen molar-refractivity contribution >= 4 is 30.7 Å². The van der Waals surface area contributed by atoms with Gasteiger partial charge in [-0.3, -0.25) is 14.2 Å². The Bertz CT molecular complexity index is 797. The van der Waals surface area contributed by atoms with Crippen LogP contribution in [-0.4, -0.2) is 56.1 Å². The topological polar surface area (TPSA) is 111 Å². The first kappa shape index (κ1) is 48.4. The maximum absolute atomic E-state index is 12.6. The molecule has 0 saturated carbocycles. The van der Waals surface area contributed by atoms with Gasteiger partial charge in [-0.1, -0.05) is 168 Å². The van der Waals surface area contributed by atoms with Crippen molar-refractivity contribution < 1.29 is 37.6 Å². The van der Waals surface area contributed by atoms with E-state index in [1.807, 2.05) is 12.5 Å². The summed E-state index contributed by atoms with van der Waals surface area (Å²) in [4.78, 5) is 37.2. The van der Waals surface area contributed by atoms with Crippen molar-refractivity contribution in [3.05, 3.63) is 0 Å². The lowest BCUT2D eigenvalue weighted by Gasteiger charge is -2.25. The molecule has 49 heavy (non-hydrogen) atoms. The second-order valence-electron chi connectivity index (χ2n) is 14.0. The molecule has 0 heterocycles. The number of hydrogen-bond acceptors (Lipinski definition) is 8. The second-order valence-corrected chi connectivity index (χ2v) is 17.8. The maximum atomic E-state index is 12.6. The van der Waals surface area contributed by atoms with Crippen LogP contribution in [0.3, 0.4) is 0 Å². The lowest BCUT2D eigenvalue weighted by Crippen LogP contribution is -2.30. The molecule has 292 valence electrons. The minimum absolute atomic E-state index is 0.0346. The summed E-state index contributed by atoms with van der Waals surface area (Å²) in [6.45, 7) is 3.85. The summed E-state index contributed by atoms with van der Waals surface area (Å²) < 4.78 is 33.1. The van der Waals surface area contributed by atoms with E-state index in [-0.39, 0.29) is 42.9 Å². The molecule has 0 aliphatic carbocycles.